The van der Waals surface area contributed by atoms with E-state index in [2.05, 4.69) is 172 Å². The Kier molecular flexibility index (Phi) is 7.43. The summed E-state index contributed by atoms with van der Waals surface area (Å²) in [6.07, 6.45) is 5.03. The molecule has 0 heterocycles. The van der Waals surface area contributed by atoms with Crippen LogP contribution >= 0.6 is 0 Å². The molecule has 2 unspecified atom stereocenters. The highest BCUT2D eigenvalue weighted by atomic mass is 14.4. The van der Waals surface area contributed by atoms with E-state index in [4.69, 9.17) is 0 Å². The van der Waals surface area contributed by atoms with Crippen LogP contribution in [0.25, 0.3) is 16.7 Å². The predicted molar refractivity (Wildman–Crippen MR) is 191 cm³/mol. The molecule has 0 saturated carbocycles. The van der Waals surface area contributed by atoms with Gasteiger partial charge >= 0.3 is 0 Å². The third-order valence-electron chi connectivity index (χ3n) is 9.96. The van der Waals surface area contributed by atoms with Crippen LogP contribution in [0, 0.1) is 11.3 Å². The van der Waals surface area contributed by atoms with Crippen LogP contribution < -0.4 is 0 Å². The molecule has 2 aliphatic carbocycles. The molecule has 226 valence electrons. The van der Waals surface area contributed by atoms with Gasteiger partial charge in [0, 0.05) is 17.8 Å². The standard InChI is InChI=1S/C44H50/c1-28-23-32(43(5,6)7)25-35(28)37-26-33(44(8,9)10)27-38-36-24-31(42(2,3)4)21-22-34(36)41(40(37)38)39(29-17-13-11-14-18-29)30-19-15-12-16-20-30/h11-28,39,41H,1-10H3. The number of allylic oxidation sites excluding steroid dienone is 4. The molecule has 44 heavy (non-hydrogen) atoms. The van der Waals surface area contributed by atoms with Crippen molar-refractivity contribution in [3.8, 4) is 11.1 Å². The summed E-state index contributed by atoms with van der Waals surface area (Å²) in [7, 11) is 0. The van der Waals surface area contributed by atoms with Crippen LogP contribution in [-0.2, 0) is 10.8 Å². The second kappa shape index (κ2) is 10.8. The van der Waals surface area contributed by atoms with Gasteiger partial charge in [-0.1, -0.05) is 172 Å². The minimum absolute atomic E-state index is 0.0324. The molecular weight excluding hydrogens is 528 g/mol. The van der Waals surface area contributed by atoms with E-state index in [0.717, 1.165) is 0 Å². The predicted octanol–water partition coefficient (Wildman–Crippen LogP) is 12.2. The summed E-state index contributed by atoms with van der Waals surface area (Å²) in [4.78, 5) is 0. The van der Waals surface area contributed by atoms with E-state index < -0.39 is 0 Å². The van der Waals surface area contributed by atoms with Crippen LogP contribution in [-0.4, -0.2) is 0 Å². The minimum Gasteiger partial charge on any atom is -0.0735 e. The highest BCUT2D eigenvalue weighted by Crippen LogP contribution is 2.57. The molecule has 0 radical (unpaired) electrons. The Morgan fingerprint density at radius 1 is 0.545 bits per heavy atom. The second-order valence-corrected chi connectivity index (χ2v) is 16.3. The molecule has 0 N–H and O–H groups in total. The third kappa shape index (κ3) is 5.42. The van der Waals surface area contributed by atoms with E-state index in [1.54, 1.807) is 0 Å². The molecule has 0 nitrogen and oxygen atoms in total. The summed E-state index contributed by atoms with van der Waals surface area (Å²) >= 11 is 0. The highest BCUT2D eigenvalue weighted by Gasteiger charge is 2.40. The van der Waals surface area contributed by atoms with Crippen LogP contribution in [0.5, 0.6) is 0 Å². The summed E-state index contributed by atoms with van der Waals surface area (Å²) < 4.78 is 0. The third-order valence-corrected chi connectivity index (χ3v) is 9.96. The van der Waals surface area contributed by atoms with Crippen molar-refractivity contribution in [3.05, 3.63) is 148 Å². The Balaban J connectivity index is 1.72. The first-order valence-corrected chi connectivity index (χ1v) is 16.5. The van der Waals surface area contributed by atoms with Crippen LogP contribution in [0.2, 0.25) is 0 Å². The fraction of sp³-hybridized carbons (Fsp3) is 0.364. The number of fused-ring (bicyclic) bond motifs is 3. The SMILES string of the molecule is CC1C=C(C(C)(C)C)C=C1c1cc(C(C)(C)C)cc2c1C(C(c1ccccc1)c1ccccc1)c1ccc(C(C)(C)C)cc1-2. The van der Waals surface area contributed by atoms with Gasteiger partial charge in [0.1, 0.15) is 0 Å². The Hall–Kier alpha value is -3.64. The zero-order valence-electron chi connectivity index (χ0n) is 28.5. The first kappa shape index (κ1) is 30.4. The molecule has 6 rings (SSSR count). The van der Waals surface area contributed by atoms with Crippen molar-refractivity contribution in [3.63, 3.8) is 0 Å². The molecular formula is C44H50. The van der Waals surface area contributed by atoms with Crippen LogP contribution in [0.15, 0.2) is 109 Å². The lowest BCUT2D eigenvalue weighted by atomic mass is 9.72. The Morgan fingerprint density at radius 3 is 1.57 bits per heavy atom. The quantitative estimate of drug-likeness (QED) is 0.226. The number of benzene rings is 4. The van der Waals surface area contributed by atoms with Gasteiger partial charge in [0.25, 0.3) is 0 Å². The van der Waals surface area contributed by atoms with Gasteiger partial charge in [-0.2, -0.15) is 0 Å². The number of rotatable bonds is 4. The maximum atomic E-state index is 2.55. The molecule has 0 bridgehead atoms. The maximum Gasteiger partial charge on any atom is 0.0217 e. The zero-order chi connectivity index (χ0) is 31.6. The summed E-state index contributed by atoms with van der Waals surface area (Å²) in [6, 6.07) is 34.9. The van der Waals surface area contributed by atoms with E-state index in [9.17, 15) is 0 Å². The van der Waals surface area contributed by atoms with Crippen molar-refractivity contribution in [1.82, 2.24) is 0 Å². The second-order valence-electron chi connectivity index (χ2n) is 16.3. The van der Waals surface area contributed by atoms with Gasteiger partial charge < -0.3 is 0 Å². The van der Waals surface area contributed by atoms with Gasteiger partial charge in [-0.15, -0.1) is 0 Å². The fourth-order valence-electron chi connectivity index (χ4n) is 7.31. The van der Waals surface area contributed by atoms with Crippen molar-refractivity contribution in [1.29, 1.82) is 0 Å². The van der Waals surface area contributed by atoms with Gasteiger partial charge in [-0.05, 0) is 77.5 Å². The van der Waals surface area contributed by atoms with Crippen molar-refractivity contribution in [2.75, 3.05) is 0 Å². The molecule has 0 amide bonds. The normalized spacial score (nSPS) is 18.2. The minimum atomic E-state index is 0.0324. The Labute approximate surface area is 267 Å². The summed E-state index contributed by atoms with van der Waals surface area (Å²) in [5.74, 6) is 0.768. The van der Waals surface area contributed by atoms with E-state index in [0.29, 0.717) is 5.92 Å². The van der Waals surface area contributed by atoms with E-state index in [1.165, 1.54) is 61.2 Å². The Bertz CT molecular complexity index is 1700. The lowest BCUT2D eigenvalue weighted by molar-refractivity contribution is 0.516. The van der Waals surface area contributed by atoms with E-state index >= 15 is 0 Å². The summed E-state index contributed by atoms with van der Waals surface area (Å²) in [5, 5.41) is 0. The molecule has 0 aliphatic heterocycles. The van der Waals surface area contributed by atoms with Gasteiger partial charge in [0.2, 0.25) is 0 Å². The molecule has 0 spiro atoms. The first-order chi connectivity index (χ1) is 20.6. The molecule has 4 aromatic rings. The molecule has 0 fully saturated rings. The van der Waals surface area contributed by atoms with Gasteiger partial charge in [-0.25, -0.2) is 0 Å². The molecule has 2 atom stereocenters. The average Bonchev–Trinajstić information content (AvgIpc) is 3.51. The van der Waals surface area contributed by atoms with Gasteiger partial charge in [0.05, 0.1) is 0 Å². The van der Waals surface area contributed by atoms with Gasteiger partial charge in [-0.3, -0.25) is 0 Å². The highest BCUT2D eigenvalue weighted by molar-refractivity contribution is 5.89. The van der Waals surface area contributed by atoms with Gasteiger partial charge in [0.15, 0.2) is 0 Å². The van der Waals surface area contributed by atoms with Crippen molar-refractivity contribution < 1.29 is 0 Å². The molecule has 0 heteroatoms. The monoisotopic (exact) mass is 578 g/mol. The average molecular weight is 579 g/mol. The van der Waals surface area contributed by atoms with Crippen LogP contribution in [0.1, 0.15) is 120 Å². The maximum absolute atomic E-state index is 2.55. The largest absolute Gasteiger partial charge is 0.0735 e. The van der Waals surface area contributed by atoms with E-state index in [-0.39, 0.29) is 28.1 Å². The molecule has 2 aliphatic rings. The lowest BCUT2D eigenvalue weighted by Gasteiger charge is -2.30. The van der Waals surface area contributed by atoms with Crippen molar-refractivity contribution >= 4 is 5.57 Å². The summed E-state index contributed by atoms with van der Waals surface area (Å²) in [6.45, 7) is 23.5. The van der Waals surface area contributed by atoms with Crippen LogP contribution in [0.3, 0.4) is 0 Å². The zero-order valence-corrected chi connectivity index (χ0v) is 28.5. The fourth-order valence-corrected chi connectivity index (χ4v) is 7.31. The van der Waals surface area contributed by atoms with Crippen LogP contribution in [0.4, 0.5) is 0 Å². The number of hydrogen-bond donors (Lipinski definition) is 0. The first-order valence-electron chi connectivity index (χ1n) is 16.5. The Morgan fingerprint density at radius 2 is 1.07 bits per heavy atom. The smallest absolute Gasteiger partial charge is 0.0217 e. The molecule has 4 aromatic carbocycles. The molecule has 0 saturated heterocycles. The topological polar surface area (TPSA) is 0 Å². The van der Waals surface area contributed by atoms with Crippen molar-refractivity contribution in [2.45, 2.75) is 91.9 Å². The van der Waals surface area contributed by atoms with Crippen molar-refractivity contribution in [2.24, 2.45) is 11.3 Å². The molecule has 0 aromatic heterocycles. The summed E-state index contributed by atoms with van der Waals surface area (Å²) in [5.41, 5.74) is 15.9. The lowest BCUT2D eigenvalue weighted by Crippen LogP contribution is -2.16. The van der Waals surface area contributed by atoms with E-state index in [1.807, 2.05) is 0 Å². The number of hydrogen-bond acceptors (Lipinski definition) is 0.